The number of pyridine rings is 1. The molecule has 28 heavy (non-hydrogen) atoms. The van der Waals surface area contributed by atoms with E-state index in [0.717, 1.165) is 25.2 Å². The number of carbonyl (C=O) groups is 1. The van der Waals surface area contributed by atoms with Crippen LogP contribution < -0.4 is 10.1 Å². The number of nitrogens with one attached hydrogen (secondary N) is 1. The molecule has 1 amide bonds. The summed E-state index contributed by atoms with van der Waals surface area (Å²) in [6.07, 6.45) is -0.791. The Bertz CT molecular complexity index is 788. The highest BCUT2D eigenvalue weighted by Gasteiger charge is 2.28. The van der Waals surface area contributed by atoms with Crippen LogP contribution in [-0.4, -0.2) is 41.7 Å². The smallest absolute Gasteiger partial charge is 0.422 e. The number of benzene rings is 1. The van der Waals surface area contributed by atoms with Gasteiger partial charge in [-0.15, -0.1) is 0 Å². The number of likely N-dealkylation sites (tertiary alicyclic amines) is 1. The molecule has 1 fully saturated rings. The summed E-state index contributed by atoms with van der Waals surface area (Å²) in [6, 6.07) is 10.6. The Morgan fingerprint density at radius 1 is 1.11 bits per heavy atom. The number of carbonyl (C=O) groups excluding carboxylic acids is 1. The number of ether oxygens (including phenoxy) is 1. The number of halogens is 3. The van der Waals surface area contributed by atoms with Crippen LogP contribution in [0.2, 0.25) is 0 Å². The molecule has 2 aromatic rings. The number of alkyl halides is 3. The van der Waals surface area contributed by atoms with Crippen LogP contribution in [0, 0.1) is 0 Å². The third-order valence-corrected chi connectivity index (χ3v) is 4.53. The van der Waals surface area contributed by atoms with E-state index in [9.17, 15) is 18.0 Å². The van der Waals surface area contributed by atoms with Crippen LogP contribution in [0.3, 0.4) is 0 Å². The quantitative estimate of drug-likeness (QED) is 0.782. The topological polar surface area (TPSA) is 54.5 Å². The summed E-state index contributed by atoms with van der Waals surface area (Å²) in [5, 5.41) is 2.84. The second-order valence-electron chi connectivity index (χ2n) is 6.72. The van der Waals surface area contributed by atoms with E-state index in [1.807, 2.05) is 18.2 Å². The molecule has 0 spiro atoms. The second kappa shape index (κ2) is 9.05. The Hall–Kier alpha value is -2.61. The lowest BCUT2D eigenvalue weighted by molar-refractivity contribution is -0.154. The Balaban J connectivity index is 1.55. The van der Waals surface area contributed by atoms with E-state index in [1.165, 1.54) is 36.7 Å². The molecule has 1 N–H and O–H groups in total. The molecule has 1 aliphatic rings. The van der Waals surface area contributed by atoms with Crippen LogP contribution in [0.4, 0.5) is 13.2 Å². The van der Waals surface area contributed by atoms with Crippen LogP contribution >= 0.6 is 0 Å². The minimum Gasteiger partial charge on any atom is -0.468 e. The monoisotopic (exact) mass is 393 g/mol. The minimum atomic E-state index is -4.43. The Kier molecular flexibility index (Phi) is 6.51. The molecule has 0 radical (unpaired) electrons. The highest BCUT2D eigenvalue weighted by atomic mass is 19.4. The van der Waals surface area contributed by atoms with Crippen molar-refractivity contribution in [2.75, 3.05) is 19.7 Å². The molecule has 1 saturated heterocycles. The average molecular weight is 393 g/mol. The highest BCUT2D eigenvalue weighted by Crippen LogP contribution is 2.18. The standard InChI is InChI=1S/C20H22F3N3O2/c21-20(22,23)14-28-18-8-7-16(12-24-18)19(27)25-11-15-5-1-2-6-17(15)13-26-9-3-4-10-26/h1-2,5-8,12H,3-4,9-11,13-14H2,(H,25,27). The van der Waals surface area contributed by atoms with E-state index in [2.05, 4.69) is 26.0 Å². The first-order valence-electron chi connectivity index (χ1n) is 9.14. The zero-order valence-electron chi connectivity index (χ0n) is 15.3. The molecule has 0 saturated carbocycles. The summed E-state index contributed by atoms with van der Waals surface area (Å²) in [6.45, 7) is 2.00. The lowest BCUT2D eigenvalue weighted by Gasteiger charge is -2.17. The van der Waals surface area contributed by atoms with Crippen molar-refractivity contribution in [1.82, 2.24) is 15.2 Å². The number of aromatic nitrogens is 1. The molecule has 1 aromatic carbocycles. The van der Waals surface area contributed by atoms with Gasteiger partial charge in [0.05, 0.1) is 5.56 Å². The van der Waals surface area contributed by atoms with Crippen molar-refractivity contribution >= 4 is 5.91 Å². The predicted octanol–water partition coefficient (Wildman–Crippen LogP) is 3.55. The van der Waals surface area contributed by atoms with Gasteiger partial charge < -0.3 is 10.1 Å². The molecule has 0 aliphatic carbocycles. The van der Waals surface area contributed by atoms with Crippen LogP contribution in [0.15, 0.2) is 42.6 Å². The normalized spacial score (nSPS) is 14.8. The third-order valence-electron chi connectivity index (χ3n) is 4.53. The molecule has 1 aliphatic heterocycles. The summed E-state index contributed by atoms with van der Waals surface area (Å²) >= 11 is 0. The van der Waals surface area contributed by atoms with Gasteiger partial charge in [-0.25, -0.2) is 4.98 Å². The number of amides is 1. The Morgan fingerprint density at radius 3 is 2.46 bits per heavy atom. The van der Waals surface area contributed by atoms with E-state index in [0.29, 0.717) is 6.54 Å². The summed E-state index contributed by atoms with van der Waals surface area (Å²) in [5.41, 5.74) is 2.48. The molecule has 2 heterocycles. The fraction of sp³-hybridized carbons (Fsp3) is 0.400. The van der Waals surface area contributed by atoms with Gasteiger partial charge in [0.2, 0.25) is 5.88 Å². The van der Waals surface area contributed by atoms with Crippen molar-refractivity contribution in [3.8, 4) is 5.88 Å². The minimum absolute atomic E-state index is 0.176. The highest BCUT2D eigenvalue weighted by molar-refractivity contribution is 5.93. The summed E-state index contributed by atoms with van der Waals surface area (Å²) in [5.74, 6) is -0.518. The van der Waals surface area contributed by atoms with E-state index in [4.69, 9.17) is 0 Å². The van der Waals surface area contributed by atoms with Gasteiger partial charge >= 0.3 is 6.18 Å². The molecule has 150 valence electrons. The summed E-state index contributed by atoms with van der Waals surface area (Å²) in [4.78, 5) is 18.5. The fourth-order valence-corrected chi connectivity index (χ4v) is 3.10. The maximum absolute atomic E-state index is 12.3. The predicted molar refractivity (Wildman–Crippen MR) is 97.9 cm³/mol. The number of hydrogen-bond acceptors (Lipinski definition) is 4. The Morgan fingerprint density at radius 2 is 1.82 bits per heavy atom. The van der Waals surface area contributed by atoms with Crippen LogP contribution in [0.1, 0.15) is 34.3 Å². The first-order valence-corrected chi connectivity index (χ1v) is 9.14. The maximum Gasteiger partial charge on any atom is 0.422 e. The molecule has 1 aromatic heterocycles. The van der Waals surface area contributed by atoms with Crippen LogP contribution in [0.5, 0.6) is 5.88 Å². The van der Waals surface area contributed by atoms with Crippen LogP contribution in [0.25, 0.3) is 0 Å². The zero-order valence-corrected chi connectivity index (χ0v) is 15.3. The largest absolute Gasteiger partial charge is 0.468 e. The van der Waals surface area contributed by atoms with Gasteiger partial charge in [0.15, 0.2) is 6.61 Å². The van der Waals surface area contributed by atoms with Crippen molar-refractivity contribution < 1.29 is 22.7 Å². The van der Waals surface area contributed by atoms with Crippen molar-refractivity contribution in [3.63, 3.8) is 0 Å². The molecule has 0 unspecified atom stereocenters. The van der Waals surface area contributed by atoms with Crippen molar-refractivity contribution in [2.24, 2.45) is 0 Å². The Labute approximate surface area is 161 Å². The summed E-state index contributed by atoms with van der Waals surface area (Å²) in [7, 11) is 0. The van der Waals surface area contributed by atoms with Crippen LogP contribution in [-0.2, 0) is 13.1 Å². The first-order chi connectivity index (χ1) is 13.4. The molecule has 8 heteroatoms. The molecule has 3 rings (SSSR count). The van der Waals surface area contributed by atoms with Gasteiger partial charge in [0.1, 0.15) is 0 Å². The van der Waals surface area contributed by atoms with E-state index >= 15 is 0 Å². The second-order valence-corrected chi connectivity index (χ2v) is 6.72. The molecule has 0 bridgehead atoms. The number of nitrogens with zero attached hydrogens (tertiary/aromatic N) is 2. The zero-order chi connectivity index (χ0) is 20.0. The van der Waals surface area contributed by atoms with Gasteiger partial charge in [0.25, 0.3) is 5.91 Å². The van der Waals surface area contributed by atoms with Crippen molar-refractivity contribution in [2.45, 2.75) is 32.1 Å². The van der Waals surface area contributed by atoms with Gasteiger partial charge in [0, 0.05) is 25.4 Å². The molecular formula is C20H22F3N3O2. The third kappa shape index (κ3) is 5.95. The van der Waals surface area contributed by atoms with E-state index in [1.54, 1.807) is 0 Å². The van der Waals surface area contributed by atoms with E-state index in [-0.39, 0.29) is 17.4 Å². The van der Waals surface area contributed by atoms with Gasteiger partial charge in [-0.05, 0) is 43.1 Å². The molecule has 5 nitrogen and oxygen atoms in total. The van der Waals surface area contributed by atoms with E-state index < -0.39 is 12.8 Å². The SMILES string of the molecule is O=C(NCc1ccccc1CN1CCCC1)c1ccc(OCC(F)(F)F)nc1. The summed E-state index contributed by atoms with van der Waals surface area (Å²) < 4.78 is 41.0. The average Bonchev–Trinajstić information content (AvgIpc) is 3.18. The van der Waals surface area contributed by atoms with Gasteiger partial charge in [-0.3, -0.25) is 9.69 Å². The first kappa shape index (κ1) is 20.1. The van der Waals surface area contributed by atoms with Gasteiger partial charge in [-0.2, -0.15) is 13.2 Å². The number of rotatable bonds is 7. The fourth-order valence-electron chi connectivity index (χ4n) is 3.10. The lowest BCUT2D eigenvalue weighted by Crippen LogP contribution is -2.25. The lowest BCUT2D eigenvalue weighted by atomic mass is 10.1. The number of hydrogen-bond donors (Lipinski definition) is 1. The molecule has 0 atom stereocenters. The van der Waals surface area contributed by atoms with Crippen molar-refractivity contribution in [3.05, 3.63) is 59.3 Å². The van der Waals surface area contributed by atoms with Crippen molar-refractivity contribution in [1.29, 1.82) is 0 Å². The van der Waals surface area contributed by atoms with Gasteiger partial charge in [-0.1, -0.05) is 24.3 Å². The molecular weight excluding hydrogens is 371 g/mol. The maximum atomic E-state index is 12.3.